The Morgan fingerprint density at radius 3 is 2.80 bits per heavy atom. The number of benzene rings is 1. The van der Waals surface area contributed by atoms with E-state index in [1.165, 1.54) is 5.56 Å². The highest BCUT2D eigenvalue weighted by atomic mass is 35.5. The Morgan fingerprint density at radius 2 is 2.10 bits per heavy atom. The van der Waals surface area contributed by atoms with Crippen LogP contribution in [0.15, 0.2) is 24.3 Å². The molecule has 0 bridgehead atoms. The zero-order chi connectivity index (χ0) is 14.6. The highest BCUT2D eigenvalue weighted by Gasteiger charge is 2.11. The van der Waals surface area contributed by atoms with Crippen molar-refractivity contribution in [1.82, 2.24) is 5.32 Å². The predicted octanol–water partition coefficient (Wildman–Crippen LogP) is 3.48. The van der Waals surface area contributed by atoms with Crippen LogP contribution in [-0.2, 0) is 9.47 Å². The number of nitrogens with one attached hydrogen (secondary N) is 1. The van der Waals surface area contributed by atoms with Gasteiger partial charge < -0.3 is 14.8 Å². The first kappa shape index (κ1) is 17.4. The van der Waals surface area contributed by atoms with Crippen LogP contribution < -0.4 is 5.32 Å². The second-order valence-electron chi connectivity index (χ2n) is 4.81. The summed E-state index contributed by atoms with van der Waals surface area (Å²) in [4.78, 5) is 0. The first-order valence-corrected chi connectivity index (χ1v) is 7.68. The van der Waals surface area contributed by atoms with Gasteiger partial charge in [0, 0.05) is 38.5 Å². The van der Waals surface area contributed by atoms with Gasteiger partial charge in [-0.05, 0) is 43.0 Å². The zero-order valence-electron chi connectivity index (χ0n) is 12.5. The minimum Gasteiger partial charge on any atom is -0.385 e. The summed E-state index contributed by atoms with van der Waals surface area (Å²) >= 11 is 6.08. The van der Waals surface area contributed by atoms with Crippen LogP contribution in [0, 0.1) is 0 Å². The third kappa shape index (κ3) is 7.25. The standard InChI is InChI=1S/C16H26ClNO2/c1-3-18-13-15(8-11-20-10-5-9-19-2)14-6-4-7-16(17)12-14/h4,6-7,12,15,18H,3,5,8-11,13H2,1-2H3. The summed E-state index contributed by atoms with van der Waals surface area (Å²) in [5.74, 6) is 0.441. The van der Waals surface area contributed by atoms with Crippen molar-refractivity contribution >= 4 is 11.6 Å². The number of methoxy groups -OCH3 is 1. The Balaban J connectivity index is 2.40. The Kier molecular flexibility index (Phi) is 9.67. The van der Waals surface area contributed by atoms with E-state index in [4.69, 9.17) is 21.1 Å². The molecule has 20 heavy (non-hydrogen) atoms. The largest absolute Gasteiger partial charge is 0.385 e. The molecule has 0 fully saturated rings. The number of rotatable bonds is 11. The van der Waals surface area contributed by atoms with Crippen LogP contribution in [0.2, 0.25) is 5.02 Å². The molecule has 1 aromatic rings. The molecule has 1 rings (SSSR count). The van der Waals surface area contributed by atoms with Crippen LogP contribution in [0.5, 0.6) is 0 Å². The maximum atomic E-state index is 6.08. The van der Waals surface area contributed by atoms with Crippen molar-refractivity contribution in [3.05, 3.63) is 34.9 Å². The average Bonchev–Trinajstić information content (AvgIpc) is 2.45. The van der Waals surface area contributed by atoms with E-state index in [2.05, 4.69) is 24.4 Å². The van der Waals surface area contributed by atoms with Gasteiger partial charge in [-0.1, -0.05) is 30.7 Å². The molecule has 3 nitrogen and oxygen atoms in total. The normalized spacial score (nSPS) is 12.6. The molecule has 1 N–H and O–H groups in total. The number of hydrogen-bond acceptors (Lipinski definition) is 3. The molecule has 0 aliphatic heterocycles. The molecule has 1 aromatic carbocycles. The van der Waals surface area contributed by atoms with Crippen molar-refractivity contribution in [2.75, 3.05) is 40.0 Å². The molecular weight excluding hydrogens is 274 g/mol. The van der Waals surface area contributed by atoms with Gasteiger partial charge in [-0.2, -0.15) is 0 Å². The fourth-order valence-corrected chi connectivity index (χ4v) is 2.30. The molecule has 0 saturated carbocycles. The smallest absolute Gasteiger partial charge is 0.0487 e. The molecular formula is C16H26ClNO2. The second kappa shape index (κ2) is 11.1. The van der Waals surface area contributed by atoms with E-state index in [-0.39, 0.29) is 0 Å². The van der Waals surface area contributed by atoms with E-state index < -0.39 is 0 Å². The fraction of sp³-hybridized carbons (Fsp3) is 0.625. The van der Waals surface area contributed by atoms with Gasteiger partial charge in [0.1, 0.15) is 0 Å². The Hall–Kier alpha value is -0.610. The lowest BCUT2D eigenvalue weighted by atomic mass is 9.96. The van der Waals surface area contributed by atoms with Crippen molar-refractivity contribution in [2.45, 2.75) is 25.7 Å². The Bertz CT molecular complexity index is 360. The molecule has 0 amide bonds. The van der Waals surface area contributed by atoms with Crippen LogP contribution in [0.4, 0.5) is 0 Å². The first-order valence-electron chi connectivity index (χ1n) is 7.30. The zero-order valence-corrected chi connectivity index (χ0v) is 13.3. The molecule has 0 aliphatic rings. The Morgan fingerprint density at radius 1 is 1.25 bits per heavy atom. The van der Waals surface area contributed by atoms with Gasteiger partial charge in [-0.25, -0.2) is 0 Å². The third-order valence-electron chi connectivity index (χ3n) is 3.21. The fourth-order valence-electron chi connectivity index (χ4n) is 2.10. The highest BCUT2D eigenvalue weighted by molar-refractivity contribution is 6.30. The second-order valence-corrected chi connectivity index (χ2v) is 5.24. The maximum Gasteiger partial charge on any atom is 0.0487 e. The maximum absolute atomic E-state index is 6.08. The minimum absolute atomic E-state index is 0.441. The summed E-state index contributed by atoms with van der Waals surface area (Å²) < 4.78 is 10.7. The molecule has 0 saturated heterocycles. The van der Waals surface area contributed by atoms with E-state index in [1.54, 1.807) is 7.11 Å². The average molecular weight is 300 g/mol. The van der Waals surface area contributed by atoms with Crippen LogP contribution in [0.25, 0.3) is 0 Å². The molecule has 0 aliphatic carbocycles. The molecule has 4 heteroatoms. The lowest BCUT2D eigenvalue weighted by Gasteiger charge is -2.18. The Labute approximate surface area is 127 Å². The quantitative estimate of drug-likeness (QED) is 0.635. The topological polar surface area (TPSA) is 30.5 Å². The summed E-state index contributed by atoms with van der Waals surface area (Å²) in [6, 6.07) is 8.11. The van der Waals surface area contributed by atoms with E-state index in [0.717, 1.165) is 50.8 Å². The van der Waals surface area contributed by atoms with Gasteiger partial charge >= 0.3 is 0 Å². The van der Waals surface area contributed by atoms with Crippen molar-refractivity contribution in [1.29, 1.82) is 0 Å². The molecule has 0 radical (unpaired) electrons. The van der Waals surface area contributed by atoms with Gasteiger partial charge in [-0.15, -0.1) is 0 Å². The predicted molar refractivity (Wildman–Crippen MR) is 84.7 cm³/mol. The summed E-state index contributed by atoms with van der Waals surface area (Å²) in [5.41, 5.74) is 1.28. The molecule has 114 valence electrons. The third-order valence-corrected chi connectivity index (χ3v) is 3.44. The van der Waals surface area contributed by atoms with Crippen LogP contribution in [0.1, 0.15) is 31.2 Å². The number of likely N-dealkylation sites (N-methyl/N-ethyl adjacent to an activating group) is 1. The summed E-state index contributed by atoms with van der Waals surface area (Å²) in [5, 5.41) is 4.21. The number of hydrogen-bond donors (Lipinski definition) is 1. The van der Waals surface area contributed by atoms with E-state index >= 15 is 0 Å². The molecule has 0 spiro atoms. The van der Waals surface area contributed by atoms with Gasteiger partial charge in [0.2, 0.25) is 0 Å². The van der Waals surface area contributed by atoms with Crippen molar-refractivity contribution in [2.24, 2.45) is 0 Å². The van der Waals surface area contributed by atoms with E-state index in [0.29, 0.717) is 5.92 Å². The molecule has 0 heterocycles. The number of halogens is 1. The molecule has 1 atom stereocenters. The van der Waals surface area contributed by atoms with Crippen LogP contribution >= 0.6 is 11.6 Å². The highest BCUT2D eigenvalue weighted by Crippen LogP contribution is 2.22. The van der Waals surface area contributed by atoms with Crippen LogP contribution in [0.3, 0.4) is 0 Å². The molecule has 1 unspecified atom stereocenters. The summed E-state index contributed by atoms with van der Waals surface area (Å²) in [6.45, 7) is 6.35. The van der Waals surface area contributed by atoms with Gasteiger partial charge in [-0.3, -0.25) is 0 Å². The van der Waals surface area contributed by atoms with Gasteiger partial charge in [0.05, 0.1) is 0 Å². The minimum atomic E-state index is 0.441. The van der Waals surface area contributed by atoms with Crippen LogP contribution in [-0.4, -0.2) is 40.0 Å². The summed E-state index contributed by atoms with van der Waals surface area (Å²) in [7, 11) is 1.71. The van der Waals surface area contributed by atoms with Crippen molar-refractivity contribution in [3.8, 4) is 0 Å². The van der Waals surface area contributed by atoms with E-state index in [9.17, 15) is 0 Å². The first-order chi connectivity index (χ1) is 9.77. The lowest BCUT2D eigenvalue weighted by Crippen LogP contribution is -2.22. The van der Waals surface area contributed by atoms with Crippen molar-refractivity contribution in [3.63, 3.8) is 0 Å². The molecule has 0 aromatic heterocycles. The van der Waals surface area contributed by atoms with E-state index in [1.807, 2.05) is 12.1 Å². The number of ether oxygens (including phenoxy) is 2. The SMILES string of the molecule is CCNCC(CCOCCCOC)c1cccc(Cl)c1. The summed E-state index contributed by atoms with van der Waals surface area (Å²) in [6.07, 6.45) is 1.95. The monoisotopic (exact) mass is 299 g/mol. The van der Waals surface area contributed by atoms with Gasteiger partial charge in [0.25, 0.3) is 0 Å². The van der Waals surface area contributed by atoms with Gasteiger partial charge in [0.15, 0.2) is 0 Å². The lowest BCUT2D eigenvalue weighted by molar-refractivity contribution is 0.0980. The van der Waals surface area contributed by atoms with Crippen molar-refractivity contribution < 1.29 is 9.47 Å².